The van der Waals surface area contributed by atoms with Gasteiger partial charge in [0.2, 0.25) is 0 Å². The minimum atomic E-state index is -0.0968. The largest absolute Gasteiger partial charge is 0.497 e. The SMILES string of the molecule is COc1ccc(C(Cl)Cc2ccsc2)c(OC)c1. The van der Waals surface area contributed by atoms with Crippen LogP contribution in [0.4, 0.5) is 0 Å². The number of rotatable bonds is 5. The highest BCUT2D eigenvalue weighted by Gasteiger charge is 2.15. The van der Waals surface area contributed by atoms with Crippen LogP contribution in [0.3, 0.4) is 0 Å². The molecule has 0 aliphatic rings. The van der Waals surface area contributed by atoms with Crippen molar-refractivity contribution in [2.45, 2.75) is 11.8 Å². The van der Waals surface area contributed by atoms with Gasteiger partial charge in [-0.05, 0) is 34.9 Å². The molecule has 1 atom stereocenters. The lowest BCUT2D eigenvalue weighted by molar-refractivity contribution is 0.390. The van der Waals surface area contributed by atoms with Crippen molar-refractivity contribution in [3.05, 3.63) is 46.2 Å². The molecule has 1 aromatic carbocycles. The number of ether oxygens (including phenoxy) is 2. The maximum absolute atomic E-state index is 6.46. The second-order valence-electron chi connectivity index (χ2n) is 3.91. The van der Waals surface area contributed by atoms with E-state index in [1.807, 2.05) is 18.2 Å². The van der Waals surface area contributed by atoms with Crippen LogP contribution < -0.4 is 9.47 Å². The molecule has 1 aromatic heterocycles. The van der Waals surface area contributed by atoms with E-state index in [2.05, 4.69) is 16.8 Å². The van der Waals surface area contributed by atoms with Gasteiger partial charge < -0.3 is 9.47 Å². The van der Waals surface area contributed by atoms with Gasteiger partial charge in [0, 0.05) is 11.6 Å². The van der Waals surface area contributed by atoms with Gasteiger partial charge in [-0.25, -0.2) is 0 Å². The first-order chi connectivity index (χ1) is 8.74. The van der Waals surface area contributed by atoms with E-state index in [0.29, 0.717) is 0 Å². The van der Waals surface area contributed by atoms with Gasteiger partial charge in [-0.3, -0.25) is 0 Å². The Hall–Kier alpha value is -1.19. The van der Waals surface area contributed by atoms with Crippen LogP contribution in [-0.4, -0.2) is 14.2 Å². The standard InChI is InChI=1S/C14H15ClO2S/c1-16-11-3-4-12(14(8-11)17-2)13(15)7-10-5-6-18-9-10/h3-6,8-9,13H,7H2,1-2H3. The minimum absolute atomic E-state index is 0.0968. The van der Waals surface area contributed by atoms with Gasteiger partial charge >= 0.3 is 0 Å². The Labute approximate surface area is 116 Å². The lowest BCUT2D eigenvalue weighted by Gasteiger charge is -2.14. The number of alkyl halides is 1. The van der Waals surface area contributed by atoms with E-state index in [0.717, 1.165) is 23.5 Å². The third kappa shape index (κ3) is 2.98. The lowest BCUT2D eigenvalue weighted by Crippen LogP contribution is -1.99. The van der Waals surface area contributed by atoms with E-state index in [4.69, 9.17) is 21.1 Å². The number of halogens is 1. The molecule has 0 fully saturated rings. The molecule has 1 heterocycles. The highest BCUT2D eigenvalue weighted by molar-refractivity contribution is 7.07. The maximum atomic E-state index is 6.46. The molecule has 0 spiro atoms. The quantitative estimate of drug-likeness (QED) is 0.762. The van der Waals surface area contributed by atoms with E-state index < -0.39 is 0 Å². The Kier molecular flexibility index (Phi) is 4.50. The van der Waals surface area contributed by atoms with Gasteiger partial charge in [0.25, 0.3) is 0 Å². The Morgan fingerprint density at radius 3 is 2.67 bits per heavy atom. The topological polar surface area (TPSA) is 18.5 Å². The normalized spacial score (nSPS) is 12.2. The van der Waals surface area contributed by atoms with E-state index in [1.165, 1.54) is 5.56 Å². The van der Waals surface area contributed by atoms with Crippen molar-refractivity contribution in [3.8, 4) is 11.5 Å². The van der Waals surface area contributed by atoms with Crippen LogP contribution in [0.25, 0.3) is 0 Å². The van der Waals surface area contributed by atoms with E-state index in [1.54, 1.807) is 25.6 Å². The molecular formula is C14H15ClO2S. The third-order valence-electron chi connectivity index (χ3n) is 2.77. The van der Waals surface area contributed by atoms with Crippen LogP contribution in [0.15, 0.2) is 35.0 Å². The van der Waals surface area contributed by atoms with Crippen LogP contribution in [0.1, 0.15) is 16.5 Å². The molecule has 0 aliphatic heterocycles. The van der Waals surface area contributed by atoms with Crippen molar-refractivity contribution in [1.29, 1.82) is 0 Å². The summed E-state index contributed by atoms with van der Waals surface area (Å²) in [6.45, 7) is 0. The second kappa shape index (κ2) is 6.12. The summed E-state index contributed by atoms with van der Waals surface area (Å²) in [5, 5.41) is 4.08. The highest BCUT2D eigenvalue weighted by Crippen LogP contribution is 2.35. The number of hydrogen-bond donors (Lipinski definition) is 0. The van der Waals surface area contributed by atoms with Crippen LogP contribution in [0, 0.1) is 0 Å². The zero-order valence-corrected chi connectivity index (χ0v) is 11.9. The molecule has 1 unspecified atom stereocenters. The van der Waals surface area contributed by atoms with Crippen molar-refractivity contribution in [3.63, 3.8) is 0 Å². The van der Waals surface area contributed by atoms with E-state index in [-0.39, 0.29) is 5.38 Å². The number of methoxy groups -OCH3 is 2. The zero-order chi connectivity index (χ0) is 13.0. The fourth-order valence-electron chi connectivity index (χ4n) is 1.80. The lowest BCUT2D eigenvalue weighted by atomic mass is 10.0. The van der Waals surface area contributed by atoms with E-state index >= 15 is 0 Å². The molecule has 0 radical (unpaired) electrons. The zero-order valence-electron chi connectivity index (χ0n) is 10.4. The monoisotopic (exact) mass is 282 g/mol. The fourth-order valence-corrected chi connectivity index (χ4v) is 2.84. The molecular weight excluding hydrogens is 268 g/mol. The summed E-state index contributed by atoms with van der Waals surface area (Å²) in [6.07, 6.45) is 0.799. The average Bonchev–Trinajstić information content (AvgIpc) is 2.90. The molecule has 0 aliphatic carbocycles. The first-order valence-electron chi connectivity index (χ1n) is 5.61. The molecule has 2 rings (SSSR count). The molecule has 2 nitrogen and oxygen atoms in total. The molecule has 96 valence electrons. The Balaban J connectivity index is 2.21. The highest BCUT2D eigenvalue weighted by atomic mass is 35.5. The first kappa shape index (κ1) is 13.2. The van der Waals surface area contributed by atoms with Crippen molar-refractivity contribution < 1.29 is 9.47 Å². The van der Waals surface area contributed by atoms with Crippen LogP contribution in [0.5, 0.6) is 11.5 Å². The summed E-state index contributed by atoms with van der Waals surface area (Å²) in [5.41, 5.74) is 2.24. The van der Waals surface area contributed by atoms with Crippen molar-refractivity contribution in [1.82, 2.24) is 0 Å². The van der Waals surface area contributed by atoms with Gasteiger partial charge in [-0.1, -0.05) is 6.07 Å². The van der Waals surface area contributed by atoms with E-state index in [9.17, 15) is 0 Å². The van der Waals surface area contributed by atoms with Crippen LogP contribution in [0.2, 0.25) is 0 Å². The number of benzene rings is 1. The smallest absolute Gasteiger partial charge is 0.127 e. The molecule has 0 bridgehead atoms. The Bertz CT molecular complexity index is 497. The van der Waals surface area contributed by atoms with Crippen molar-refractivity contribution >= 4 is 22.9 Å². The van der Waals surface area contributed by atoms with Gasteiger partial charge in [0.05, 0.1) is 19.6 Å². The predicted octanol–water partition coefficient (Wildman–Crippen LogP) is 4.29. The maximum Gasteiger partial charge on any atom is 0.127 e. The number of thiophene rings is 1. The number of hydrogen-bond acceptors (Lipinski definition) is 3. The molecule has 0 amide bonds. The van der Waals surface area contributed by atoms with Crippen molar-refractivity contribution in [2.75, 3.05) is 14.2 Å². The fraction of sp³-hybridized carbons (Fsp3) is 0.286. The molecule has 18 heavy (non-hydrogen) atoms. The van der Waals surface area contributed by atoms with Crippen LogP contribution in [-0.2, 0) is 6.42 Å². The van der Waals surface area contributed by atoms with Gasteiger partial charge in [-0.2, -0.15) is 11.3 Å². The molecule has 0 saturated carbocycles. The molecule has 0 saturated heterocycles. The predicted molar refractivity (Wildman–Crippen MR) is 76.2 cm³/mol. The third-order valence-corrected chi connectivity index (χ3v) is 3.89. The summed E-state index contributed by atoms with van der Waals surface area (Å²) >= 11 is 8.14. The van der Waals surface area contributed by atoms with Crippen LogP contribution >= 0.6 is 22.9 Å². The Morgan fingerprint density at radius 2 is 2.06 bits per heavy atom. The summed E-state index contributed by atoms with van der Waals surface area (Å²) < 4.78 is 10.5. The van der Waals surface area contributed by atoms with Gasteiger partial charge in [0.15, 0.2) is 0 Å². The Morgan fingerprint density at radius 1 is 1.22 bits per heavy atom. The molecule has 0 N–H and O–H groups in total. The first-order valence-corrected chi connectivity index (χ1v) is 6.99. The van der Waals surface area contributed by atoms with Gasteiger partial charge in [0.1, 0.15) is 11.5 Å². The summed E-state index contributed by atoms with van der Waals surface area (Å²) in [7, 11) is 3.28. The van der Waals surface area contributed by atoms with Gasteiger partial charge in [-0.15, -0.1) is 11.6 Å². The summed E-state index contributed by atoms with van der Waals surface area (Å²) in [5.74, 6) is 1.54. The summed E-state index contributed by atoms with van der Waals surface area (Å²) in [6, 6.07) is 7.82. The molecule has 2 aromatic rings. The minimum Gasteiger partial charge on any atom is -0.497 e. The van der Waals surface area contributed by atoms with Crippen molar-refractivity contribution in [2.24, 2.45) is 0 Å². The average molecular weight is 283 g/mol. The summed E-state index contributed by atoms with van der Waals surface area (Å²) in [4.78, 5) is 0. The second-order valence-corrected chi connectivity index (χ2v) is 5.22. The molecule has 4 heteroatoms.